The molecule has 2 aliphatic heterocycles. The number of amides is 1. The van der Waals surface area contributed by atoms with Crippen LogP contribution in [0.2, 0.25) is 0 Å². The van der Waals surface area contributed by atoms with Crippen molar-refractivity contribution < 1.29 is 14.3 Å². The molecule has 3 heterocycles. The average molecular weight is 325 g/mol. The van der Waals surface area contributed by atoms with Gasteiger partial charge in [0.25, 0.3) is 0 Å². The van der Waals surface area contributed by atoms with Crippen LogP contribution in [0.4, 0.5) is 4.79 Å². The number of morpholine rings is 1. The lowest BCUT2D eigenvalue weighted by Gasteiger charge is -2.43. The number of fused-ring (bicyclic) bond motifs is 2. The quantitative estimate of drug-likeness (QED) is 0.942. The van der Waals surface area contributed by atoms with Gasteiger partial charge in [0.15, 0.2) is 0 Å². The van der Waals surface area contributed by atoms with Crippen molar-refractivity contribution >= 4 is 11.7 Å². The molecule has 0 aliphatic carbocycles. The predicted molar refractivity (Wildman–Crippen MR) is 88.0 cm³/mol. The third-order valence-corrected chi connectivity index (χ3v) is 4.46. The first-order chi connectivity index (χ1) is 11.8. The monoisotopic (exact) mass is 325 g/mol. The fourth-order valence-electron chi connectivity index (χ4n) is 3.31. The number of aromatic nitrogens is 2. The van der Waals surface area contributed by atoms with Crippen molar-refractivity contribution in [1.29, 1.82) is 0 Å². The Morgan fingerprint density at radius 1 is 1.29 bits per heavy atom. The molecule has 2 aromatic rings. The second kappa shape index (κ2) is 6.49. The van der Waals surface area contributed by atoms with Crippen LogP contribution in [0.3, 0.4) is 0 Å². The molecule has 6 heteroatoms. The Morgan fingerprint density at radius 2 is 2.17 bits per heavy atom. The third-order valence-electron chi connectivity index (χ3n) is 4.46. The SMILES string of the molecule is O=C(OCc1ccccc1)N1C2C=C(c3ccn[nH]3)CC1COC2. The van der Waals surface area contributed by atoms with Crippen LogP contribution in [-0.2, 0) is 16.1 Å². The Morgan fingerprint density at radius 3 is 2.92 bits per heavy atom. The van der Waals surface area contributed by atoms with E-state index >= 15 is 0 Å². The van der Waals surface area contributed by atoms with E-state index in [1.54, 1.807) is 6.20 Å². The van der Waals surface area contributed by atoms with E-state index in [-0.39, 0.29) is 24.8 Å². The fourth-order valence-corrected chi connectivity index (χ4v) is 3.31. The van der Waals surface area contributed by atoms with E-state index in [1.807, 2.05) is 41.3 Å². The molecule has 0 saturated carbocycles. The number of hydrogen-bond acceptors (Lipinski definition) is 4. The van der Waals surface area contributed by atoms with E-state index in [1.165, 1.54) is 5.57 Å². The van der Waals surface area contributed by atoms with Crippen LogP contribution in [0.1, 0.15) is 17.7 Å². The minimum atomic E-state index is -0.280. The topological polar surface area (TPSA) is 67.5 Å². The predicted octanol–water partition coefficient (Wildman–Crippen LogP) is 2.60. The summed E-state index contributed by atoms with van der Waals surface area (Å²) < 4.78 is 11.1. The van der Waals surface area contributed by atoms with Crippen LogP contribution in [0.5, 0.6) is 0 Å². The lowest BCUT2D eigenvalue weighted by atomic mass is 9.93. The van der Waals surface area contributed by atoms with Crippen LogP contribution in [-0.4, -0.2) is 46.5 Å². The molecule has 0 radical (unpaired) electrons. The zero-order valence-corrected chi connectivity index (χ0v) is 13.2. The van der Waals surface area contributed by atoms with Crippen molar-refractivity contribution in [3.8, 4) is 0 Å². The molecule has 2 bridgehead atoms. The smallest absolute Gasteiger partial charge is 0.411 e. The Hall–Kier alpha value is -2.60. The number of nitrogens with zero attached hydrogens (tertiary/aromatic N) is 2. The van der Waals surface area contributed by atoms with Crippen LogP contribution < -0.4 is 0 Å². The summed E-state index contributed by atoms with van der Waals surface area (Å²) in [6.45, 7) is 1.31. The summed E-state index contributed by atoms with van der Waals surface area (Å²) in [5, 5.41) is 7.00. The second-order valence-corrected chi connectivity index (χ2v) is 6.07. The third kappa shape index (κ3) is 2.92. The van der Waals surface area contributed by atoms with Crippen molar-refractivity contribution in [3.05, 3.63) is 59.9 Å². The van der Waals surface area contributed by atoms with Crippen LogP contribution >= 0.6 is 0 Å². The number of rotatable bonds is 3. The van der Waals surface area contributed by atoms with Crippen LogP contribution in [0.15, 0.2) is 48.7 Å². The van der Waals surface area contributed by atoms with Gasteiger partial charge in [-0.3, -0.25) is 10.00 Å². The molecule has 4 rings (SSSR count). The van der Waals surface area contributed by atoms with Gasteiger partial charge in [0, 0.05) is 6.20 Å². The van der Waals surface area contributed by atoms with Gasteiger partial charge < -0.3 is 9.47 Å². The molecule has 1 aromatic carbocycles. The maximum Gasteiger partial charge on any atom is 0.411 e. The maximum atomic E-state index is 12.6. The van der Waals surface area contributed by atoms with Gasteiger partial charge in [0.1, 0.15) is 6.61 Å². The summed E-state index contributed by atoms with van der Waals surface area (Å²) in [5.74, 6) is 0. The van der Waals surface area contributed by atoms with Gasteiger partial charge in [-0.1, -0.05) is 36.4 Å². The Balaban J connectivity index is 1.48. The van der Waals surface area contributed by atoms with E-state index in [4.69, 9.17) is 9.47 Å². The number of ether oxygens (including phenoxy) is 2. The van der Waals surface area contributed by atoms with Gasteiger partial charge in [0.2, 0.25) is 0 Å². The van der Waals surface area contributed by atoms with Gasteiger partial charge in [-0.05, 0) is 23.6 Å². The standard InChI is InChI=1S/C18H19N3O3/c22-18(24-10-13-4-2-1-3-5-13)21-15-8-14(17-6-7-19-20-17)9-16(21)12-23-11-15/h1-8,15-16H,9-12H2,(H,19,20). The molecule has 24 heavy (non-hydrogen) atoms. The summed E-state index contributed by atoms with van der Waals surface area (Å²) in [6.07, 6.45) is 4.27. The summed E-state index contributed by atoms with van der Waals surface area (Å²) in [5.41, 5.74) is 3.17. The van der Waals surface area contributed by atoms with Crippen molar-refractivity contribution in [2.75, 3.05) is 13.2 Å². The normalized spacial score (nSPS) is 22.8. The minimum absolute atomic E-state index is 0.00433. The highest BCUT2D eigenvalue weighted by atomic mass is 16.6. The molecule has 1 N–H and O–H groups in total. The van der Waals surface area contributed by atoms with E-state index in [9.17, 15) is 4.79 Å². The largest absolute Gasteiger partial charge is 0.445 e. The van der Waals surface area contributed by atoms with E-state index in [0.717, 1.165) is 17.7 Å². The molecule has 2 unspecified atom stereocenters. The number of hydrogen-bond donors (Lipinski definition) is 1. The molecule has 2 aliphatic rings. The highest BCUT2D eigenvalue weighted by Gasteiger charge is 2.39. The zero-order valence-electron chi connectivity index (χ0n) is 13.2. The number of benzene rings is 1. The van der Waals surface area contributed by atoms with Gasteiger partial charge in [-0.15, -0.1) is 0 Å². The molecule has 1 amide bonds. The van der Waals surface area contributed by atoms with Crippen molar-refractivity contribution in [1.82, 2.24) is 15.1 Å². The summed E-state index contributed by atoms with van der Waals surface area (Å²) in [4.78, 5) is 14.4. The molecule has 1 aromatic heterocycles. The van der Waals surface area contributed by atoms with Crippen molar-refractivity contribution in [3.63, 3.8) is 0 Å². The summed E-state index contributed by atoms with van der Waals surface area (Å²) in [7, 11) is 0. The highest BCUT2D eigenvalue weighted by Crippen LogP contribution is 2.32. The van der Waals surface area contributed by atoms with Crippen molar-refractivity contribution in [2.24, 2.45) is 0 Å². The minimum Gasteiger partial charge on any atom is -0.445 e. The van der Waals surface area contributed by atoms with Crippen LogP contribution in [0.25, 0.3) is 5.57 Å². The molecule has 1 fully saturated rings. The van der Waals surface area contributed by atoms with Gasteiger partial charge >= 0.3 is 6.09 Å². The molecule has 1 saturated heterocycles. The molecular weight excluding hydrogens is 306 g/mol. The first-order valence-electron chi connectivity index (χ1n) is 8.08. The lowest BCUT2D eigenvalue weighted by molar-refractivity contribution is -0.0342. The second-order valence-electron chi connectivity index (χ2n) is 6.07. The lowest BCUT2D eigenvalue weighted by Crippen LogP contribution is -2.56. The Bertz CT molecular complexity index is 727. The van der Waals surface area contributed by atoms with E-state index in [2.05, 4.69) is 16.3 Å². The molecule has 124 valence electrons. The Labute approximate surface area is 140 Å². The molecule has 6 nitrogen and oxygen atoms in total. The van der Waals surface area contributed by atoms with Gasteiger partial charge in [-0.25, -0.2) is 4.79 Å². The molecule has 0 spiro atoms. The number of carbonyl (C=O) groups is 1. The first-order valence-corrected chi connectivity index (χ1v) is 8.08. The first kappa shape index (κ1) is 15.0. The number of H-pyrrole nitrogens is 1. The highest BCUT2D eigenvalue weighted by molar-refractivity contribution is 5.73. The van der Waals surface area contributed by atoms with Gasteiger partial charge in [0.05, 0.1) is 31.0 Å². The fraction of sp³-hybridized carbons (Fsp3) is 0.333. The maximum absolute atomic E-state index is 12.6. The summed E-state index contributed by atoms with van der Waals surface area (Å²) >= 11 is 0. The molecular formula is C18H19N3O3. The van der Waals surface area contributed by atoms with E-state index in [0.29, 0.717) is 13.2 Å². The van der Waals surface area contributed by atoms with Crippen molar-refractivity contribution in [2.45, 2.75) is 25.1 Å². The number of carbonyl (C=O) groups excluding carboxylic acids is 1. The zero-order chi connectivity index (χ0) is 16.4. The van der Waals surface area contributed by atoms with Gasteiger partial charge in [-0.2, -0.15) is 5.10 Å². The van der Waals surface area contributed by atoms with Crippen LogP contribution in [0, 0.1) is 0 Å². The number of nitrogens with one attached hydrogen (secondary N) is 1. The average Bonchev–Trinajstić information content (AvgIpc) is 3.14. The Kier molecular flexibility index (Phi) is 4.04. The van der Waals surface area contributed by atoms with E-state index < -0.39 is 0 Å². The molecule has 2 atom stereocenters. The number of aromatic amines is 1. The summed E-state index contributed by atoms with van der Waals surface area (Å²) in [6, 6.07) is 11.6.